The number of carbonyl (C=O) groups is 12. The fourth-order valence-corrected chi connectivity index (χ4v) is 1.83. The minimum absolute atomic E-state index is 0. The van der Waals surface area contributed by atoms with Crippen LogP contribution in [0.3, 0.4) is 0 Å². The van der Waals surface area contributed by atoms with Gasteiger partial charge in [0.1, 0.15) is 33.0 Å². The first-order valence-corrected chi connectivity index (χ1v) is 20.3. The van der Waals surface area contributed by atoms with Gasteiger partial charge in [-0.1, -0.05) is 66.5 Å². The zero-order valence-electron chi connectivity index (χ0n) is 48.7. The van der Waals surface area contributed by atoms with E-state index in [0.29, 0.717) is 11.1 Å². The van der Waals surface area contributed by atoms with Gasteiger partial charge in [0.05, 0.1) is 43.3 Å². The molecule has 0 unspecified atom stereocenters. The van der Waals surface area contributed by atoms with Crippen LogP contribution >= 0.6 is 0 Å². The van der Waals surface area contributed by atoms with Crippen molar-refractivity contribution in [2.75, 3.05) is 53.7 Å². The molecular weight excluding hydrogens is 1150 g/mol. The SMILES string of the molecule is C=C(C)C(=O)OCCO.C=C(C)C(=O)OCCOC(=O)CCC(=O)[O-].C=C(C)C(=O)ON(C)C.C=C(C)C(=O)[O-].C=C(C)C(=O)[O-].C=CC(=O)OCCOC(=O)CCC(=O)[O-].C=CC(=O)[O-].C=CC(=O)[O-].CC.[K+].[K+].[Na+].[Na+].[Na+].[Na+]. The van der Waals surface area contributed by atoms with Crippen molar-refractivity contribution >= 4 is 71.6 Å². The molecule has 32 heteroatoms. The van der Waals surface area contributed by atoms with Crippen LogP contribution < -0.4 is 252 Å². The van der Waals surface area contributed by atoms with E-state index in [9.17, 15) is 68.4 Å². The van der Waals surface area contributed by atoms with E-state index in [1.807, 2.05) is 13.8 Å². The molecule has 0 amide bonds. The number of hydrogen-bond donors (Lipinski definition) is 1. The molecule has 0 fully saturated rings. The number of carboxylic acids is 6. The van der Waals surface area contributed by atoms with E-state index in [-0.39, 0.29) is 309 Å². The van der Waals surface area contributed by atoms with E-state index in [1.54, 1.807) is 27.9 Å². The molecule has 0 aromatic carbocycles. The Morgan fingerprint density at radius 1 is 0.430 bits per heavy atom. The van der Waals surface area contributed by atoms with Crippen LogP contribution in [-0.2, 0) is 86.1 Å². The van der Waals surface area contributed by atoms with Gasteiger partial charge in [0.15, 0.2) is 0 Å². The number of hydrogen-bond acceptors (Lipinski definition) is 26. The van der Waals surface area contributed by atoms with Crippen molar-refractivity contribution in [2.24, 2.45) is 0 Å². The van der Waals surface area contributed by atoms with Gasteiger partial charge in [-0.15, -0.1) is 5.06 Å². The number of aliphatic carboxylic acids is 6. The summed E-state index contributed by atoms with van der Waals surface area (Å²) in [5, 5.41) is 66.7. The maximum Gasteiger partial charge on any atom is 1.00 e. The summed E-state index contributed by atoms with van der Waals surface area (Å²) >= 11 is 0. The van der Waals surface area contributed by atoms with E-state index < -0.39 is 65.7 Å². The van der Waals surface area contributed by atoms with Gasteiger partial charge in [-0.2, -0.15) is 0 Å². The van der Waals surface area contributed by atoms with Crippen molar-refractivity contribution in [2.45, 2.75) is 74.1 Å². The minimum atomic E-state index is -1.31. The van der Waals surface area contributed by atoms with Crippen LogP contribution in [-0.4, -0.2) is 136 Å². The number of hydroxylamine groups is 2. The number of aliphatic hydroxyl groups is 1. The molecule has 0 atom stereocenters. The quantitative estimate of drug-likeness (QED) is 0.0248. The number of rotatable bonds is 23. The molecule has 0 aromatic rings. The van der Waals surface area contributed by atoms with Gasteiger partial charge >= 0.3 is 257 Å². The molecular formula is C47H67K2NNa4O25. The molecule has 0 aliphatic heterocycles. The molecule has 0 saturated carbocycles. The van der Waals surface area contributed by atoms with Crippen molar-refractivity contribution in [3.63, 3.8) is 0 Å². The Morgan fingerprint density at radius 3 is 0.848 bits per heavy atom. The topological polar surface area (TPSA) is 422 Å². The summed E-state index contributed by atoms with van der Waals surface area (Å²) in [5.74, 6) is -10.8. The van der Waals surface area contributed by atoms with Crippen LogP contribution in [0.15, 0.2) is 98.7 Å². The van der Waals surface area contributed by atoms with Gasteiger partial charge < -0.3 is 93.0 Å². The van der Waals surface area contributed by atoms with Gasteiger partial charge in [-0.3, -0.25) is 9.59 Å². The molecule has 0 rings (SSSR count). The van der Waals surface area contributed by atoms with E-state index in [2.05, 4.69) is 81.2 Å². The van der Waals surface area contributed by atoms with Crippen molar-refractivity contribution in [1.82, 2.24) is 5.06 Å². The third-order valence-corrected chi connectivity index (χ3v) is 5.07. The molecule has 0 aromatic heterocycles. The average molecular weight is 1220 g/mol. The Bertz CT molecular complexity index is 1790. The van der Waals surface area contributed by atoms with Gasteiger partial charge in [0.2, 0.25) is 0 Å². The minimum Gasteiger partial charge on any atom is -0.550 e. The van der Waals surface area contributed by atoms with Gasteiger partial charge in [-0.05, 0) is 70.8 Å². The molecule has 0 radical (unpaired) electrons. The fraction of sp³-hybridized carbons (Fsp3) is 0.404. The summed E-state index contributed by atoms with van der Waals surface area (Å²) in [5.41, 5.74) is 1.14. The van der Waals surface area contributed by atoms with Crippen LogP contribution in [0.5, 0.6) is 0 Å². The van der Waals surface area contributed by atoms with Crippen molar-refractivity contribution in [3.05, 3.63) is 98.7 Å². The Morgan fingerprint density at radius 2 is 0.671 bits per heavy atom. The molecule has 1 N–H and O–H groups in total. The van der Waals surface area contributed by atoms with E-state index >= 15 is 0 Å². The van der Waals surface area contributed by atoms with Crippen LogP contribution in [0.1, 0.15) is 74.1 Å². The third-order valence-electron chi connectivity index (χ3n) is 5.07. The maximum atomic E-state index is 10.9. The van der Waals surface area contributed by atoms with Crippen molar-refractivity contribution in [3.8, 4) is 0 Å². The Hall–Kier alpha value is -1.25. The van der Waals surface area contributed by atoms with Gasteiger partial charge in [-0.25, -0.2) is 19.2 Å². The number of nitrogens with zero attached hydrogens (tertiary/aromatic N) is 1. The molecule has 79 heavy (non-hydrogen) atoms. The van der Waals surface area contributed by atoms with Crippen LogP contribution in [0.4, 0.5) is 0 Å². The summed E-state index contributed by atoms with van der Waals surface area (Å²) in [7, 11) is 3.28. The first kappa shape index (κ1) is 116. The number of carbonyl (C=O) groups excluding carboxylic acids is 12. The largest absolute Gasteiger partial charge is 1.00 e. The average Bonchev–Trinajstić information content (AvgIpc) is 3.30. The predicted molar refractivity (Wildman–Crippen MR) is 246 cm³/mol. The zero-order valence-corrected chi connectivity index (χ0v) is 62.9. The third kappa shape index (κ3) is 133. The number of ether oxygens (including phenoxy) is 5. The monoisotopic (exact) mass is 1220 g/mol. The Labute approximate surface area is 635 Å². The Balaban J connectivity index is -0.0000000464. The standard InChI is InChI=1S/C10H14O6.C9H12O6.C6H11NO2.C6H10O3.2C4H6O2.2C3H4O2.C2H6.2K.4Na/c1-7(2)10(14)16-6-5-15-9(13)4-3-8(11)12;1-2-8(12)14-5-6-15-9(13)4-3-7(10)11;1-5(2)6(8)9-7(3)4;1-5(2)6(8)9-4-3-7;2*1-3(2)4(5)6;2*1-2-3(4)5;1-2;;;;;;/h1,3-6H2,2H3,(H,11,12);2H,1,3-6H2,(H,10,11);1H2,2-4H3;7H,1,3-4H2,2H3;2*1H2,2H3,(H,5,6);2*2H,1H2,(H,4,5);1-2H3;;;;;;/q;;;;;;;;;6*+1/p-6. The van der Waals surface area contributed by atoms with Crippen molar-refractivity contribution < 1.29 is 343 Å². The first-order valence-electron chi connectivity index (χ1n) is 20.3. The Kier molecular flexibility index (Phi) is 126. The smallest absolute Gasteiger partial charge is 0.550 e. The summed E-state index contributed by atoms with van der Waals surface area (Å²) < 4.78 is 22.7. The second-order valence-corrected chi connectivity index (χ2v) is 12.3. The predicted octanol–water partition coefficient (Wildman–Crippen LogP) is -21.8. The second kappa shape index (κ2) is 85.5. The second-order valence-electron chi connectivity index (χ2n) is 12.3. The van der Waals surface area contributed by atoms with E-state index in [0.717, 1.165) is 18.2 Å². The summed E-state index contributed by atoms with van der Waals surface area (Å²) in [6.45, 7) is 36.2. The summed E-state index contributed by atoms with van der Waals surface area (Å²) in [4.78, 5) is 126. The van der Waals surface area contributed by atoms with Crippen LogP contribution in [0, 0.1) is 0 Å². The van der Waals surface area contributed by atoms with Gasteiger partial charge in [0.25, 0.3) is 0 Å². The number of aliphatic hydroxyl groups excluding tert-OH is 1. The molecule has 0 heterocycles. The molecule has 0 spiro atoms. The van der Waals surface area contributed by atoms with Crippen LogP contribution in [0.2, 0.25) is 0 Å². The molecule has 0 bridgehead atoms. The normalized spacial score (nSPS) is 7.68. The molecule has 0 saturated heterocycles. The summed E-state index contributed by atoms with van der Waals surface area (Å²) in [6, 6.07) is 0. The molecule has 26 nitrogen and oxygen atoms in total. The molecule has 416 valence electrons. The number of esters is 5. The first-order chi connectivity index (χ1) is 33.5. The molecule has 0 aliphatic rings. The van der Waals surface area contributed by atoms with Gasteiger partial charge in [0, 0.05) is 48.8 Å². The van der Waals surface area contributed by atoms with Crippen LogP contribution in [0.25, 0.3) is 0 Å². The van der Waals surface area contributed by atoms with Crippen molar-refractivity contribution in [1.29, 1.82) is 0 Å². The van der Waals surface area contributed by atoms with E-state index in [4.69, 9.17) is 24.9 Å². The summed E-state index contributed by atoms with van der Waals surface area (Å²) in [6.07, 6.45) is 1.15. The maximum absolute atomic E-state index is 10.9. The van der Waals surface area contributed by atoms with E-state index in [1.165, 1.54) is 25.8 Å². The molecule has 0 aliphatic carbocycles. The number of carboxylic acid groups (broad SMARTS) is 6. The zero-order chi connectivity index (χ0) is 59.8. The fourth-order valence-electron chi connectivity index (χ4n) is 1.83.